The number of carbonyl (C=O) groups excluding carboxylic acids is 2. The lowest BCUT2D eigenvalue weighted by Gasteiger charge is -2.48. The van der Waals surface area contributed by atoms with Gasteiger partial charge in [0.2, 0.25) is 0 Å². The minimum absolute atomic E-state index is 0.0846. The summed E-state index contributed by atoms with van der Waals surface area (Å²) in [6.45, 7) is 2.32. The number of aliphatic carboxylic acids is 1. The van der Waals surface area contributed by atoms with Gasteiger partial charge in [-0.1, -0.05) is 30.1 Å². The van der Waals surface area contributed by atoms with Gasteiger partial charge in [0.15, 0.2) is 10.8 Å². The van der Waals surface area contributed by atoms with E-state index in [0.717, 1.165) is 29.1 Å². The average Bonchev–Trinajstić information content (AvgIpc) is 3.11. The van der Waals surface area contributed by atoms with Crippen LogP contribution in [0.1, 0.15) is 25.5 Å². The topological polar surface area (TPSA) is 147 Å². The van der Waals surface area contributed by atoms with Crippen LogP contribution in [0.15, 0.2) is 21.3 Å². The highest BCUT2D eigenvalue weighted by molar-refractivity contribution is 8.00. The Morgan fingerprint density at radius 3 is 2.93 bits per heavy atom. The van der Waals surface area contributed by atoms with E-state index < -0.39 is 29.2 Å². The van der Waals surface area contributed by atoms with Crippen LogP contribution in [0, 0.1) is 0 Å². The molecule has 1 fully saturated rings. The maximum atomic E-state index is 12.8. The number of anilines is 1. The van der Waals surface area contributed by atoms with E-state index in [2.05, 4.69) is 15.5 Å². The van der Waals surface area contributed by atoms with Gasteiger partial charge in [-0.15, -0.1) is 23.1 Å². The summed E-state index contributed by atoms with van der Waals surface area (Å²) in [7, 11) is 0. The summed E-state index contributed by atoms with van der Waals surface area (Å²) in [6, 6.07) is -0.913. The number of amides is 2. The molecule has 3 rings (SSSR count). The number of fused-ring (bicyclic) bond motifs is 1. The van der Waals surface area contributed by atoms with Gasteiger partial charge in [-0.05, 0) is 6.42 Å². The summed E-state index contributed by atoms with van der Waals surface area (Å²) in [5.74, 6) is -2.28. The molecule has 13 heteroatoms. The number of thioether (sulfide) groups is 1. The molecule has 10 nitrogen and oxygen atoms in total. The van der Waals surface area contributed by atoms with Crippen LogP contribution in [0.2, 0.25) is 0 Å². The van der Waals surface area contributed by atoms with Gasteiger partial charge in [-0.3, -0.25) is 14.5 Å². The number of hydrogen-bond donors (Lipinski definition) is 3. The first kappa shape index (κ1) is 21.4. The maximum absolute atomic E-state index is 12.8. The van der Waals surface area contributed by atoms with Crippen molar-refractivity contribution in [3.63, 3.8) is 0 Å². The van der Waals surface area contributed by atoms with Gasteiger partial charge in [0.1, 0.15) is 29.4 Å². The van der Waals surface area contributed by atoms with Crippen molar-refractivity contribution < 1.29 is 24.3 Å². The lowest BCUT2D eigenvalue weighted by Crippen LogP contribution is -2.71. The smallest absolute Gasteiger partial charge is 0.353 e. The number of nitrogens with two attached hydrogens (primary N) is 1. The second kappa shape index (κ2) is 9.01. The van der Waals surface area contributed by atoms with E-state index in [4.69, 9.17) is 22.2 Å². The number of aromatic nitrogens is 1. The van der Waals surface area contributed by atoms with Crippen LogP contribution >= 0.6 is 34.7 Å². The standard InChI is InChI=1S/C16H18ClN5O5S2/c1-2-3-4-27-21-9(8-6-29-16(18)19-8)12(23)20-10-13(24)22-11(15(25)26)7(17)5-28-14(10)22/h6,10,14H,2-5H2,1H3,(H2,18,19)(H,20,23)(H,25,26)/b21-9-/t10?,14-/m1/s1. The number of nitrogens with one attached hydrogen (secondary N) is 1. The molecule has 0 spiro atoms. The highest BCUT2D eigenvalue weighted by atomic mass is 35.5. The van der Waals surface area contributed by atoms with Crippen LogP contribution in [-0.4, -0.2) is 62.3 Å². The molecule has 0 bridgehead atoms. The Morgan fingerprint density at radius 1 is 1.55 bits per heavy atom. The van der Waals surface area contributed by atoms with Crippen molar-refractivity contribution in [2.75, 3.05) is 18.1 Å². The van der Waals surface area contributed by atoms with Crippen LogP contribution in [0.5, 0.6) is 0 Å². The zero-order valence-corrected chi connectivity index (χ0v) is 17.6. The molecule has 0 saturated carbocycles. The van der Waals surface area contributed by atoms with Crippen LogP contribution < -0.4 is 11.1 Å². The number of carboxylic acid groups (broad SMARTS) is 1. The first-order chi connectivity index (χ1) is 13.8. The van der Waals surface area contributed by atoms with Gasteiger partial charge in [-0.25, -0.2) is 9.78 Å². The molecule has 4 N–H and O–H groups in total. The predicted octanol–water partition coefficient (Wildman–Crippen LogP) is 1.18. The molecule has 2 amide bonds. The van der Waals surface area contributed by atoms with Crippen molar-refractivity contribution in [1.82, 2.24) is 15.2 Å². The highest BCUT2D eigenvalue weighted by Crippen LogP contribution is 2.41. The number of hydrogen-bond acceptors (Lipinski definition) is 9. The molecule has 3 heterocycles. The summed E-state index contributed by atoms with van der Waals surface area (Å²) < 4.78 is 0. The molecule has 1 aromatic rings. The Balaban J connectivity index is 1.75. The zero-order chi connectivity index (χ0) is 21.1. The van der Waals surface area contributed by atoms with Crippen molar-refractivity contribution >= 4 is 63.3 Å². The number of nitrogen functional groups attached to an aromatic ring is 1. The van der Waals surface area contributed by atoms with E-state index in [1.807, 2.05) is 6.92 Å². The number of carbonyl (C=O) groups is 3. The van der Waals surface area contributed by atoms with Crippen molar-refractivity contribution in [2.45, 2.75) is 31.2 Å². The molecule has 0 aliphatic carbocycles. The van der Waals surface area contributed by atoms with Crippen LogP contribution in [0.4, 0.5) is 5.13 Å². The van der Waals surface area contributed by atoms with Gasteiger partial charge in [0, 0.05) is 11.1 Å². The number of carboxylic acids is 1. The van der Waals surface area contributed by atoms with E-state index in [9.17, 15) is 19.5 Å². The lowest BCUT2D eigenvalue weighted by atomic mass is 10.0. The summed E-state index contributed by atoms with van der Waals surface area (Å²) in [4.78, 5) is 47.0. The minimum atomic E-state index is -1.29. The van der Waals surface area contributed by atoms with Crippen molar-refractivity contribution in [1.29, 1.82) is 0 Å². The molecule has 29 heavy (non-hydrogen) atoms. The van der Waals surface area contributed by atoms with E-state index >= 15 is 0 Å². The van der Waals surface area contributed by atoms with E-state index in [0.29, 0.717) is 6.61 Å². The van der Waals surface area contributed by atoms with E-state index in [1.165, 1.54) is 11.8 Å². The first-order valence-electron chi connectivity index (χ1n) is 8.64. The lowest BCUT2D eigenvalue weighted by molar-refractivity contribution is -0.150. The number of rotatable bonds is 8. The molecule has 1 saturated heterocycles. The number of nitrogens with zero attached hydrogens (tertiary/aromatic N) is 3. The van der Waals surface area contributed by atoms with Crippen molar-refractivity contribution in [3.05, 3.63) is 21.8 Å². The summed E-state index contributed by atoms with van der Waals surface area (Å²) in [6.07, 6.45) is 1.66. The Hall–Kier alpha value is -2.31. The molecular weight excluding hydrogens is 442 g/mol. The monoisotopic (exact) mass is 459 g/mol. The van der Waals surface area contributed by atoms with E-state index in [-0.39, 0.29) is 33.0 Å². The van der Waals surface area contributed by atoms with Gasteiger partial charge in [-0.2, -0.15) is 0 Å². The largest absolute Gasteiger partial charge is 0.477 e. The number of unbranched alkanes of at least 4 members (excludes halogenated alkanes) is 1. The Morgan fingerprint density at radius 2 is 2.31 bits per heavy atom. The van der Waals surface area contributed by atoms with Gasteiger partial charge in [0.25, 0.3) is 11.8 Å². The second-order valence-electron chi connectivity index (χ2n) is 6.12. The van der Waals surface area contributed by atoms with Gasteiger partial charge >= 0.3 is 5.97 Å². The average molecular weight is 460 g/mol. The Bertz CT molecular complexity index is 902. The molecule has 0 radical (unpaired) electrons. The first-order valence-corrected chi connectivity index (χ1v) is 10.9. The summed E-state index contributed by atoms with van der Waals surface area (Å²) in [5.41, 5.74) is 5.51. The summed E-state index contributed by atoms with van der Waals surface area (Å²) in [5, 5.41) is 17.1. The van der Waals surface area contributed by atoms with Gasteiger partial charge in [0.05, 0.1) is 5.03 Å². The molecule has 2 atom stereocenters. The third kappa shape index (κ3) is 4.33. The number of thiazole rings is 1. The molecular formula is C16H18ClN5O5S2. The van der Waals surface area contributed by atoms with E-state index in [1.54, 1.807) is 5.38 Å². The fraction of sp³-hybridized carbons (Fsp3) is 0.438. The predicted molar refractivity (Wildman–Crippen MR) is 109 cm³/mol. The normalized spacial score (nSPS) is 21.5. The third-order valence-electron chi connectivity index (χ3n) is 4.14. The third-order valence-corrected chi connectivity index (χ3v) is 6.56. The number of oxime groups is 1. The number of halogens is 1. The minimum Gasteiger partial charge on any atom is -0.477 e. The fourth-order valence-electron chi connectivity index (χ4n) is 2.71. The van der Waals surface area contributed by atoms with Crippen molar-refractivity contribution in [2.24, 2.45) is 5.16 Å². The SMILES string of the molecule is CCCCO/N=C(\C(=O)NC1C(=O)N2C(C(=O)O)=C(Cl)CS[C@H]12)c1csc(N)n1. The highest BCUT2D eigenvalue weighted by Gasteiger charge is 2.54. The van der Waals surface area contributed by atoms with Crippen molar-refractivity contribution in [3.8, 4) is 0 Å². The second-order valence-corrected chi connectivity index (χ2v) is 8.57. The van der Waals surface area contributed by atoms with Crippen LogP contribution in [0.3, 0.4) is 0 Å². The number of β-lactam (4-membered cyclic amide) rings is 1. The maximum Gasteiger partial charge on any atom is 0.353 e. The van der Waals surface area contributed by atoms with Gasteiger partial charge < -0.3 is 21.0 Å². The molecule has 2 aliphatic rings. The molecule has 2 aliphatic heterocycles. The molecule has 1 aromatic heterocycles. The Kier molecular flexibility index (Phi) is 6.65. The fourth-order valence-corrected chi connectivity index (χ4v) is 4.81. The molecule has 1 unspecified atom stereocenters. The summed E-state index contributed by atoms with van der Waals surface area (Å²) >= 11 is 8.35. The molecule has 156 valence electrons. The molecule has 0 aromatic carbocycles. The van der Waals surface area contributed by atoms with Crippen LogP contribution in [-0.2, 0) is 19.2 Å². The Labute approximate surface area is 179 Å². The quantitative estimate of drug-likeness (QED) is 0.227. The zero-order valence-electron chi connectivity index (χ0n) is 15.3. The van der Waals surface area contributed by atoms with Crippen LogP contribution in [0.25, 0.3) is 0 Å².